The fourth-order valence-corrected chi connectivity index (χ4v) is 4.80. The number of hydrazone groups is 1. The molecular weight excluding hydrogens is 370 g/mol. The minimum atomic E-state index is -0.323. The van der Waals surface area contributed by atoms with Gasteiger partial charge in [0.05, 0.1) is 18.0 Å². The summed E-state index contributed by atoms with van der Waals surface area (Å²) in [5.41, 5.74) is 8.81. The average molecular weight is 398 g/mol. The van der Waals surface area contributed by atoms with Gasteiger partial charge in [-0.25, -0.2) is 0 Å². The Balaban J connectivity index is 1.55. The molecule has 0 spiro atoms. The van der Waals surface area contributed by atoms with E-state index in [1.165, 1.54) is 10.5 Å². The molecule has 1 atom stereocenters. The zero-order valence-corrected chi connectivity index (χ0v) is 17.2. The van der Waals surface area contributed by atoms with E-state index in [0.717, 1.165) is 35.5 Å². The quantitative estimate of drug-likeness (QED) is 0.820. The van der Waals surface area contributed by atoms with E-state index >= 15 is 0 Å². The van der Waals surface area contributed by atoms with Crippen LogP contribution in [0.15, 0.2) is 57.4 Å². The first-order valence-electron chi connectivity index (χ1n) is 9.67. The molecule has 0 saturated carbocycles. The van der Waals surface area contributed by atoms with E-state index < -0.39 is 0 Å². The molecule has 0 aromatic heterocycles. The number of rotatable bonds is 5. The van der Waals surface area contributed by atoms with Gasteiger partial charge in [0, 0.05) is 43.3 Å². The van der Waals surface area contributed by atoms with Crippen LogP contribution in [0.2, 0.25) is 0 Å². The minimum absolute atomic E-state index is 0.323. The number of benzene rings is 2. The van der Waals surface area contributed by atoms with Crippen LogP contribution >= 0.6 is 11.8 Å². The van der Waals surface area contributed by atoms with E-state index in [-0.39, 0.29) is 5.54 Å². The summed E-state index contributed by atoms with van der Waals surface area (Å²) >= 11 is 1.71. The van der Waals surface area contributed by atoms with Crippen molar-refractivity contribution in [2.24, 2.45) is 10.8 Å². The van der Waals surface area contributed by atoms with Crippen LogP contribution in [-0.4, -0.2) is 38.6 Å². The first-order chi connectivity index (χ1) is 13.6. The van der Waals surface area contributed by atoms with E-state index in [1.807, 2.05) is 24.3 Å². The summed E-state index contributed by atoms with van der Waals surface area (Å²) in [6, 6.07) is 15.4. The van der Waals surface area contributed by atoms with Gasteiger partial charge >= 0.3 is 0 Å². The predicted octanol–water partition coefficient (Wildman–Crippen LogP) is 4.17. The van der Waals surface area contributed by atoms with Gasteiger partial charge in [0.1, 0.15) is 5.75 Å². The van der Waals surface area contributed by atoms with Crippen molar-refractivity contribution < 1.29 is 9.47 Å². The maximum Gasteiger partial charge on any atom is 0.132 e. The minimum Gasteiger partial charge on any atom is -0.496 e. The fourth-order valence-electron chi connectivity index (χ4n) is 3.84. The summed E-state index contributed by atoms with van der Waals surface area (Å²) < 4.78 is 11.1. The van der Waals surface area contributed by atoms with Gasteiger partial charge in [0.25, 0.3) is 0 Å². The van der Waals surface area contributed by atoms with Crippen molar-refractivity contribution in [3.8, 4) is 5.75 Å². The monoisotopic (exact) mass is 397 g/mol. The summed E-state index contributed by atoms with van der Waals surface area (Å²) in [5, 5.41) is 6.35. The Labute approximate surface area is 170 Å². The topological polar surface area (TPSA) is 60.1 Å². The van der Waals surface area contributed by atoms with Gasteiger partial charge < -0.3 is 15.2 Å². The second kappa shape index (κ2) is 8.15. The molecule has 2 aliphatic rings. The largest absolute Gasteiger partial charge is 0.496 e. The van der Waals surface area contributed by atoms with Crippen LogP contribution in [0.3, 0.4) is 0 Å². The Morgan fingerprint density at radius 1 is 1.18 bits per heavy atom. The van der Waals surface area contributed by atoms with Gasteiger partial charge in [-0.3, -0.25) is 5.01 Å². The van der Waals surface area contributed by atoms with Gasteiger partial charge in [-0.1, -0.05) is 30.0 Å². The molecule has 2 aromatic rings. The smallest absolute Gasteiger partial charge is 0.132 e. The molecule has 2 aliphatic heterocycles. The summed E-state index contributed by atoms with van der Waals surface area (Å²) in [6.07, 6.45) is 4.62. The third-order valence-electron chi connectivity index (χ3n) is 5.66. The van der Waals surface area contributed by atoms with E-state index in [9.17, 15) is 0 Å². The number of nitrogens with two attached hydrogens (primary N) is 1. The molecule has 2 aromatic carbocycles. The highest BCUT2D eigenvalue weighted by atomic mass is 32.2. The third-order valence-corrected chi connectivity index (χ3v) is 6.71. The number of hydrogen-bond donors (Lipinski definition) is 1. The summed E-state index contributed by atoms with van der Waals surface area (Å²) in [5.74, 6) is 0.873. The first-order valence-corrected chi connectivity index (χ1v) is 10.5. The molecule has 0 amide bonds. The fraction of sp³-hybridized carbons (Fsp3) is 0.409. The molecule has 0 aliphatic carbocycles. The Morgan fingerprint density at radius 3 is 2.57 bits per heavy atom. The Kier molecular flexibility index (Phi) is 5.62. The van der Waals surface area contributed by atoms with Crippen LogP contribution in [0.4, 0.5) is 0 Å². The maximum absolute atomic E-state index is 6.69. The molecule has 2 N–H and O–H groups in total. The highest BCUT2D eigenvalue weighted by molar-refractivity contribution is 7.99. The lowest BCUT2D eigenvalue weighted by Gasteiger charge is -2.34. The molecule has 28 heavy (non-hydrogen) atoms. The molecular formula is C22H27N3O2S. The summed E-state index contributed by atoms with van der Waals surface area (Å²) in [4.78, 5) is 2.27. The van der Waals surface area contributed by atoms with E-state index in [0.29, 0.717) is 19.3 Å². The van der Waals surface area contributed by atoms with Crippen molar-refractivity contribution in [3.63, 3.8) is 0 Å². The van der Waals surface area contributed by atoms with Gasteiger partial charge in [-0.15, -0.1) is 0 Å². The Bertz CT molecular complexity index is 847. The molecule has 1 saturated heterocycles. The zero-order chi connectivity index (χ0) is 19.6. The van der Waals surface area contributed by atoms with Gasteiger partial charge in [-0.05, 0) is 48.2 Å². The second-order valence-corrected chi connectivity index (χ2v) is 8.54. The van der Waals surface area contributed by atoms with Crippen LogP contribution in [0.5, 0.6) is 5.75 Å². The zero-order valence-electron chi connectivity index (χ0n) is 16.4. The number of methoxy groups -OCH3 is 1. The standard InChI is InChI=1S/C22H27N3O2S/c1-25-19(9-12-24-25)16-3-6-18(7-4-16)28-21-15-17(5-8-20(21)26-2)22(23)10-13-27-14-11-22/h3-8,12,15,19H,9-11,13-14,23H2,1-2H3. The SMILES string of the molecule is COc1ccc(C2(N)CCOCC2)cc1Sc1ccc(C2CC=NN2C)cc1. The van der Waals surface area contributed by atoms with Crippen LogP contribution in [0.25, 0.3) is 0 Å². The Morgan fingerprint density at radius 2 is 1.93 bits per heavy atom. The van der Waals surface area contributed by atoms with Crippen LogP contribution in [0, 0.1) is 0 Å². The van der Waals surface area contributed by atoms with Crippen molar-refractivity contribution in [2.75, 3.05) is 27.4 Å². The molecule has 4 rings (SSSR count). The normalized spacial score (nSPS) is 21.1. The summed E-state index contributed by atoms with van der Waals surface area (Å²) in [7, 11) is 3.73. The van der Waals surface area contributed by atoms with Crippen LogP contribution < -0.4 is 10.5 Å². The number of nitrogens with zero attached hydrogens (tertiary/aromatic N) is 2. The van der Waals surface area contributed by atoms with Crippen molar-refractivity contribution >= 4 is 18.0 Å². The second-order valence-electron chi connectivity index (χ2n) is 7.43. The number of ether oxygens (including phenoxy) is 2. The molecule has 2 heterocycles. The highest BCUT2D eigenvalue weighted by Crippen LogP contribution is 2.40. The van der Waals surface area contributed by atoms with Crippen molar-refractivity contribution in [1.82, 2.24) is 5.01 Å². The number of hydrogen-bond acceptors (Lipinski definition) is 6. The first kappa shape index (κ1) is 19.3. The molecule has 148 valence electrons. The van der Waals surface area contributed by atoms with E-state index in [4.69, 9.17) is 15.2 Å². The van der Waals surface area contributed by atoms with Crippen molar-refractivity contribution in [2.45, 2.75) is 40.6 Å². The van der Waals surface area contributed by atoms with Crippen molar-refractivity contribution in [1.29, 1.82) is 0 Å². The van der Waals surface area contributed by atoms with Crippen molar-refractivity contribution in [3.05, 3.63) is 53.6 Å². The molecule has 1 unspecified atom stereocenters. The van der Waals surface area contributed by atoms with Gasteiger partial charge in [-0.2, -0.15) is 5.10 Å². The van der Waals surface area contributed by atoms with Gasteiger partial charge in [0.15, 0.2) is 0 Å². The maximum atomic E-state index is 6.69. The van der Waals surface area contributed by atoms with Gasteiger partial charge in [0.2, 0.25) is 0 Å². The molecule has 0 bridgehead atoms. The summed E-state index contributed by atoms with van der Waals surface area (Å²) in [6.45, 7) is 1.43. The van der Waals surface area contributed by atoms with E-state index in [1.54, 1.807) is 18.9 Å². The molecule has 6 heteroatoms. The lowest BCUT2D eigenvalue weighted by atomic mass is 9.84. The predicted molar refractivity (Wildman–Crippen MR) is 113 cm³/mol. The Hall–Kier alpha value is -2.02. The third kappa shape index (κ3) is 3.90. The lowest BCUT2D eigenvalue weighted by Crippen LogP contribution is -2.42. The lowest BCUT2D eigenvalue weighted by molar-refractivity contribution is 0.0521. The van der Waals surface area contributed by atoms with Crippen LogP contribution in [-0.2, 0) is 10.3 Å². The molecule has 5 nitrogen and oxygen atoms in total. The molecule has 0 radical (unpaired) electrons. The molecule has 1 fully saturated rings. The average Bonchev–Trinajstić information content (AvgIpc) is 3.15. The highest BCUT2D eigenvalue weighted by Gasteiger charge is 2.30. The van der Waals surface area contributed by atoms with Crippen LogP contribution in [0.1, 0.15) is 36.4 Å². The van der Waals surface area contributed by atoms with E-state index in [2.05, 4.69) is 41.5 Å².